The minimum Gasteiger partial charge on any atom is -0.507 e. The molecular formula is C16H16N2OS. The predicted octanol–water partition coefficient (Wildman–Crippen LogP) is 3.61. The lowest BCUT2D eigenvalue weighted by Crippen LogP contribution is -1.99. The summed E-state index contributed by atoms with van der Waals surface area (Å²) >= 11 is 1.81. The van der Waals surface area contributed by atoms with Crippen LogP contribution in [0.15, 0.2) is 53.6 Å². The van der Waals surface area contributed by atoms with E-state index in [1.807, 2.05) is 54.0 Å². The maximum Gasteiger partial charge on any atom is 0.123 e. The summed E-state index contributed by atoms with van der Waals surface area (Å²) in [7, 11) is 1.97. The van der Waals surface area contributed by atoms with Gasteiger partial charge in [-0.3, -0.25) is 4.68 Å². The molecule has 0 atom stereocenters. The number of nitrogens with zero attached hydrogens (tertiary/aromatic N) is 2. The summed E-state index contributed by atoms with van der Waals surface area (Å²) < 4.78 is 1.91. The molecule has 20 heavy (non-hydrogen) atoms. The monoisotopic (exact) mass is 284 g/mol. The molecule has 3 aromatic rings. The quantitative estimate of drug-likeness (QED) is 0.744. The first kappa shape index (κ1) is 13.1. The Kier molecular flexibility index (Phi) is 3.65. The third-order valence-electron chi connectivity index (χ3n) is 3.40. The van der Waals surface area contributed by atoms with Crippen molar-refractivity contribution >= 4 is 22.5 Å². The topological polar surface area (TPSA) is 38.0 Å². The molecule has 4 heteroatoms. The van der Waals surface area contributed by atoms with Crippen molar-refractivity contribution in [3.05, 3.63) is 54.4 Å². The van der Waals surface area contributed by atoms with Gasteiger partial charge in [0.25, 0.3) is 0 Å². The molecule has 0 aliphatic carbocycles. The molecule has 1 aromatic heterocycles. The van der Waals surface area contributed by atoms with Gasteiger partial charge in [0.2, 0.25) is 0 Å². The second-order valence-electron chi connectivity index (χ2n) is 4.67. The van der Waals surface area contributed by atoms with Crippen LogP contribution in [0.2, 0.25) is 0 Å². The van der Waals surface area contributed by atoms with Crippen molar-refractivity contribution < 1.29 is 5.11 Å². The van der Waals surface area contributed by atoms with E-state index in [0.717, 1.165) is 22.9 Å². The standard InChI is InChI=1S/C16H16N2OS/c1-18-12(8-10-17-18)9-11-20-16-7-6-15(19)13-4-2-3-5-14(13)16/h2-8,10,19H,9,11H2,1H3. The predicted molar refractivity (Wildman–Crippen MR) is 83.2 cm³/mol. The van der Waals surface area contributed by atoms with Crippen LogP contribution in [-0.2, 0) is 13.5 Å². The van der Waals surface area contributed by atoms with Gasteiger partial charge in [0.15, 0.2) is 0 Å². The summed E-state index contributed by atoms with van der Waals surface area (Å²) in [5.41, 5.74) is 1.24. The lowest BCUT2D eigenvalue weighted by Gasteiger charge is -2.08. The molecule has 3 nitrogen and oxygen atoms in total. The number of hydrogen-bond acceptors (Lipinski definition) is 3. The average Bonchev–Trinajstić information content (AvgIpc) is 2.87. The third-order valence-corrected chi connectivity index (χ3v) is 4.47. The molecular weight excluding hydrogens is 268 g/mol. The van der Waals surface area contributed by atoms with E-state index < -0.39 is 0 Å². The van der Waals surface area contributed by atoms with Gasteiger partial charge in [0.05, 0.1) is 0 Å². The molecule has 0 fully saturated rings. The first-order valence-corrected chi connectivity index (χ1v) is 7.54. The Balaban J connectivity index is 1.78. The second-order valence-corrected chi connectivity index (χ2v) is 5.81. The number of fused-ring (bicyclic) bond motifs is 1. The first-order chi connectivity index (χ1) is 9.75. The highest BCUT2D eigenvalue weighted by molar-refractivity contribution is 7.99. The summed E-state index contributed by atoms with van der Waals surface area (Å²) in [6, 6.07) is 13.8. The Morgan fingerprint density at radius 1 is 1.10 bits per heavy atom. The molecule has 3 rings (SSSR count). The Morgan fingerprint density at radius 2 is 1.90 bits per heavy atom. The Bertz CT molecular complexity index is 736. The van der Waals surface area contributed by atoms with E-state index in [0.29, 0.717) is 5.75 Å². The summed E-state index contributed by atoms with van der Waals surface area (Å²) in [4.78, 5) is 1.21. The number of hydrogen-bond donors (Lipinski definition) is 1. The number of aromatic nitrogens is 2. The summed E-state index contributed by atoms with van der Waals surface area (Å²) in [6.07, 6.45) is 2.81. The molecule has 1 N–H and O–H groups in total. The lowest BCUT2D eigenvalue weighted by atomic mass is 10.1. The maximum atomic E-state index is 9.89. The van der Waals surface area contributed by atoms with Crippen molar-refractivity contribution in [2.75, 3.05) is 5.75 Å². The fourth-order valence-electron chi connectivity index (χ4n) is 2.29. The maximum absolute atomic E-state index is 9.89. The summed E-state index contributed by atoms with van der Waals surface area (Å²) in [6.45, 7) is 0. The van der Waals surface area contributed by atoms with Crippen LogP contribution in [-0.4, -0.2) is 20.6 Å². The SMILES string of the molecule is Cn1nccc1CCSc1ccc(O)c2ccccc12. The zero-order valence-electron chi connectivity index (χ0n) is 11.3. The van der Waals surface area contributed by atoms with Crippen LogP contribution in [0, 0.1) is 0 Å². The van der Waals surface area contributed by atoms with Gasteiger partial charge in [-0.25, -0.2) is 0 Å². The normalized spacial score (nSPS) is 11.1. The first-order valence-electron chi connectivity index (χ1n) is 6.56. The molecule has 102 valence electrons. The van der Waals surface area contributed by atoms with E-state index in [1.165, 1.54) is 10.6 Å². The van der Waals surface area contributed by atoms with Crippen LogP contribution in [0.5, 0.6) is 5.75 Å². The fraction of sp³-hybridized carbons (Fsp3) is 0.188. The number of benzene rings is 2. The minimum absolute atomic E-state index is 0.344. The van der Waals surface area contributed by atoms with Crippen LogP contribution >= 0.6 is 11.8 Å². The molecule has 0 bridgehead atoms. The van der Waals surface area contributed by atoms with Gasteiger partial charge in [-0.1, -0.05) is 24.3 Å². The van der Waals surface area contributed by atoms with Crippen LogP contribution in [0.3, 0.4) is 0 Å². The second kappa shape index (κ2) is 5.59. The summed E-state index contributed by atoms with van der Waals surface area (Å²) in [5.74, 6) is 1.34. The van der Waals surface area contributed by atoms with Gasteiger partial charge in [-0.15, -0.1) is 11.8 Å². The van der Waals surface area contributed by atoms with Crippen LogP contribution in [0.1, 0.15) is 5.69 Å². The van der Waals surface area contributed by atoms with Gasteiger partial charge in [0, 0.05) is 35.0 Å². The molecule has 0 radical (unpaired) electrons. The Hall–Kier alpha value is -1.94. The van der Waals surface area contributed by atoms with Gasteiger partial charge >= 0.3 is 0 Å². The molecule has 0 saturated carbocycles. The molecule has 0 unspecified atom stereocenters. The van der Waals surface area contributed by atoms with Crippen LogP contribution < -0.4 is 0 Å². The van der Waals surface area contributed by atoms with Crippen molar-refractivity contribution in [3.63, 3.8) is 0 Å². The number of aromatic hydroxyl groups is 1. The van der Waals surface area contributed by atoms with E-state index in [2.05, 4.69) is 17.2 Å². The van der Waals surface area contributed by atoms with E-state index in [4.69, 9.17) is 0 Å². The molecule has 0 spiro atoms. The minimum atomic E-state index is 0.344. The number of thioether (sulfide) groups is 1. The van der Waals surface area contributed by atoms with Crippen molar-refractivity contribution in [2.24, 2.45) is 7.05 Å². The molecule has 0 aliphatic heterocycles. The van der Waals surface area contributed by atoms with Gasteiger partial charge < -0.3 is 5.11 Å². The molecule has 2 aromatic carbocycles. The number of rotatable bonds is 4. The van der Waals surface area contributed by atoms with Crippen molar-refractivity contribution in [1.82, 2.24) is 9.78 Å². The number of phenolic OH excluding ortho intramolecular Hbond substituents is 1. The third kappa shape index (κ3) is 2.51. The largest absolute Gasteiger partial charge is 0.507 e. The van der Waals surface area contributed by atoms with Crippen molar-refractivity contribution in [1.29, 1.82) is 0 Å². The lowest BCUT2D eigenvalue weighted by molar-refractivity contribution is 0.481. The molecule has 1 heterocycles. The van der Waals surface area contributed by atoms with E-state index in [-0.39, 0.29) is 0 Å². The summed E-state index contributed by atoms with van der Waals surface area (Å²) in [5, 5.41) is 16.1. The number of phenols is 1. The fourth-order valence-corrected chi connectivity index (χ4v) is 3.32. The van der Waals surface area contributed by atoms with Gasteiger partial charge in [-0.05, 0) is 30.0 Å². The average molecular weight is 284 g/mol. The highest BCUT2D eigenvalue weighted by Gasteiger charge is 2.06. The molecule has 0 saturated heterocycles. The van der Waals surface area contributed by atoms with E-state index >= 15 is 0 Å². The van der Waals surface area contributed by atoms with Crippen LogP contribution in [0.4, 0.5) is 0 Å². The zero-order chi connectivity index (χ0) is 13.9. The van der Waals surface area contributed by atoms with Crippen molar-refractivity contribution in [3.8, 4) is 5.75 Å². The van der Waals surface area contributed by atoms with Gasteiger partial charge in [0.1, 0.15) is 5.75 Å². The zero-order valence-corrected chi connectivity index (χ0v) is 12.1. The molecule has 0 aliphatic rings. The van der Waals surface area contributed by atoms with E-state index in [1.54, 1.807) is 6.07 Å². The smallest absolute Gasteiger partial charge is 0.123 e. The number of aryl methyl sites for hydroxylation is 2. The highest BCUT2D eigenvalue weighted by Crippen LogP contribution is 2.33. The van der Waals surface area contributed by atoms with Crippen LogP contribution in [0.25, 0.3) is 10.8 Å². The van der Waals surface area contributed by atoms with Crippen molar-refractivity contribution in [2.45, 2.75) is 11.3 Å². The Labute approximate surface area is 122 Å². The van der Waals surface area contributed by atoms with E-state index in [9.17, 15) is 5.11 Å². The highest BCUT2D eigenvalue weighted by atomic mass is 32.2. The Morgan fingerprint density at radius 3 is 2.65 bits per heavy atom. The molecule has 0 amide bonds. The van der Waals surface area contributed by atoms with Gasteiger partial charge in [-0.2, -0.15) is 5.10 Å².